The van der Waals surface area contributed by atoms with Gasteiger partial charge in [-0.1, -0.05) is 12.1 Å². The van der Waals surface area contributed by atoms with Crippen molar-refractivity contribution in [1.82, 2.24) is 5.32 Å². The molecule has 124 valence electrons. The molecule has 1 unspecified atom stereocenters. The molecule has 2 N–H and O–H groups in total. The number of methoxy groups -OCH3 is 1. The Morgan fingerprint density at radius 2 is 2.13 bits per heavy atom. The first-order valence-electron chi connectivity index (χ1n) is 6.58. The number of aliphatic hydroxyl groups is 1. The van der Waals surface area contributed by atoms with Crippen molar-refractivity contribution >= 4 is 17.2 Å². The van der Waals surface area contributed by atoms with Crippen LogP contribution in [-0.2, 0) is 6.18 Å². The topological polar surface area (TPSA) is 58.6 Å². The molecule has 0 aliphatic rings. The number of halogens is 3. The number of nitrogens with one attached hydrogen (secondary N) is 1. The Hall–Kier alpha value is -2.06. The molecule has 0 aliphatic heterocycles. The molecular formula is C15H14F3NO3S. The first kappa shape index (κ1) is 17.3. The zero-order valence-electron chi connectivity index (χ0n) is 12.1. The number of benzene rings is 1. The number of alkyl halides is 3. The van der Waals surface area contributed by atoms with Crippen LogP contribution in [0.25, 0.3) is 0 Å². The third-order valence-corrected chi connectivity index (χ3v) is 4.00. The molecule has 0 fully saturated rings. The average molecular weight is 345 g/mol. The zero-order valence-corrected chi connectivity index (χ0v) is 12.9. The van der Waals surface area contributed by atoms with Gasteiger partial charge in [0.1, 0.15) is 10.6 Å². The molecule has 2 aromatic rings. The van der Waals surface area contributed by atoms with E-state index in [9.17, 15) is 23.1 Å². The van der Waals surface area contributed by atoms with Gasteiger partial charge >= 0.3 is 6.18 Å². The average Bonchev–Trinajstić information content (AvgIpc) is 3.00. The lowest BCUT2D eigenvalue weighted by atomic mass is 10.1. The van der Waals surface area contributed by atoms with Crippen LogP contribution in [0.3, 0.4) is 0 Å². The molecule has 1 aromatic carbocycles. The SMILES string of the molecule is COc1ccsc1C(=O)NCC(O)c1cccc(C(F)(F)F)c1. The summed E-state index contributed by atoms with van der Waals surface area (Å²) < 4.78 is 43.0. The summed E-state index contributed by atoms with van der Waals surface area (Å²) in [5.41, 5.74) is -0.765. The van der Waals surface area contributed by atoms with E-state index in [1.165, 1.54) is 30.6 Å². The third-order valence-electron chi connectivity index (χ3n) is 3.11. The van der Waals surface area contributed by atoms with Gasteiger partial charge in [0.2, 0.25) is 0 Å². The molecule has 1 aromatic heterocycles. The molecule has 0 bridgehead atoms. The fourth-order valence-electron chi connectivity index (χ4n) is 1.93. The minimum Gasteiger partial charge on any atom is -0.495 e. The Bertz CT molecular complexity index is 685. The minimum absolute atomic E-state index is 0.0817. The highest BCUT2D eigenvalue weighted by Gasteiger charge is 2.30. The maximum Gasteiger partial charge on any atom is 0.416 e. The van der Waals surface area contributed by atoms with E-state index in [2.05, 4.69) is 5.32 Å². The van der Waals surface area contributed by atoms with E-state index >= 15 is 0 Å². The molecule has 0 spiro atoms. The van der Waals surface area contributed by atoms with E-state index in [1.807, 2.05) is 0 Å². The summed E-state index contributed by atoms with van der Waals surface area (Å²) in [5.74, 6) is -0.0519. The van der Waals surface area contributed by atoms with Crippen molar-refractivity contribution in [2.24, 2.45) is 0 Å². The fourth-order valence-corrected chi connectivity index (χ4v) is 2.71. The molecule has 4 nitrogen and oxygen atoms in total. The highest BCUT2D eigenvalue weighted by molar-refractivity contribution is 7.12. The van der Waals surface area contributed by atoms with Crippen molar-refractivity contribution in [2.75, 3.05) is 13.7 Å². The van der Waals surface area contributed by atoms with Gasteiger partial charge in [0.05, 0.1) is 18.8 Å². The Kier molecular flexibility index (Phi) is 5.27. The number of ether oxygens (including phenoxy) is 1. The third kappa shape index (κ3) is 4.23. The lowest BCUT2D eigenvalue weighted by Crippen LogP contribution is -2.28. The van der Waals surface area contributed by atoms with Crippen LogP contribution < -0.4 is 10.1 Å². The number of thiophene rings is 1. The van der Waals surface area contributed by atoms with E-state index in [4.69, 9.17) is 4.74 Å². The number of hydrogen-bond acceptors (Lipinski definition) is 4. The number of carbonyl (C=O) groups is 1. The second-order valence-electron chi connectivity index (χ2n) is 4.67. The Labute approximate surface area is 134 Å². The Morgan fingerprint density at radius 1 is 1.39 bits per heavy atom. The maximum absolute atomic E-state index is 12.7. The predicted molar refractivity (Wildman–Crippen MR) is 79.6 cm³/mol. The molecule has 0 saturated carbocycles. The first-order chi connectivity index (χ1) is 10.8. The molecule has 23 heavy (non-hydrogen) atoms. The van der Waals surface area contributed by atoms with Crippen LogP contribution in [0.15, 0.2) is 35.7 Å². The van der Waals surface area contributed by atoms with Gasteiger partial charge in [0, 0.05) is 6.54 Å². The van der Waals surface area contributed by atoms with E-state index in [1.54, 1.807) is 11.4 Å². The summed E-state index contributed by atoms with van der Waals surface area (Å²) >= 11 is 1.17. The first-order valence-corrected chi connectivity index (χ1v) is 7.45. The number of hydrogen-bond donors (Lipinski definition) is 2. The molecular weight excluding hydrogens is 331 g/mol. The monoisotopic (exact) mass is 345 g/mol. The molecule has 8 heteroatoms. The minimum atomic E-state index is -4.48. The molecule has 1 heterocycles. The van der Waals surface area contributed by atoms with Crippen molar-refractivity contribution in [3.63, 3.8) is 0 Å². The van der Waals surface area contributed by atoms with Crippen LogP contribution in [-0.4, -0.2) is 24.7 Å². The zero-order chi connectivity index (χ0) is 17.0. The molecule has 0 aliphatic carbocycles. The van der Waals surface area contributed by atoms with Gasteiger partial charge in [0.25, 0.3) is 5.91 Å². The van der Waals surface area contributed by atoms with Gasteiger partial charge in [-0.05, 0) is 29.1 Å². The van der Waals surface area contributed by atoms with Gasteiger partial charge in [-0.2, -0.15) is 13.2 Å². The van der Waals surface area contributed by atoms with Crippen LogP contribution in [0.5, 0.6) is 5.75 Å². The summed E-state index contributed by atoms with van der Waals surface area (Å²) in [6.45, 7) is -0.207. The van der Waals surface area contributed by atoms with Crippen LogP contribution in [0.2, 0.25) is 0 Å². The largest absolute Gasteiger partial charge is 0.495 e. The van der Waals surface area contributed by atoms with Gasteiger partial charge in [-0.3, -0.25) is 4.79 Å². The van der Waals surface area contributed by atoms with Gasteiger partial charge in [-0.25, -0.2) is 0 Å². The normalized spacial score (nSPS) is 12.7. The number of carbonyl (C=O) groups excluding carboxylic acids is 1. The van der Waals surface area contributed by atoms with Crippen molar-refractivity contribution < 1.29 is 27.8 Å². The molecule has 1 atom stereocenters. The Balaban J connectivity index is 2.02. The van der Waals surface area contributed by atoms with E-state index in [-0.39, 0.29) is 12.1 Å². The number of aliphatic hydroxyl groups excluding tert-OH is 1. The quantitative estimate of drug-likeness (QED) is 0.875. The van der Waals surface area contributed by atoms with Crippen molar-refractivity contribution in [3.05, 3.63) is 51.7 Å². The van der Waals surface area contributed by atoms with E-state index in [0.717, 1.165) is 12.1 Å². The number of rotatable bonds is 5. The highest BCUT2D eigenvalue weighted by atomic mass is 32.1. The van der Waals surface area contributed by atoms with E-state index < -0.39 is 23.8 Å². The second kappa shape index (κ2) is 7.01. The van der Waals surface area contributed by atoms with Gasteiger partial charge in [-0.15, -0.1) is 11.3 Å². The summed E-state index contributed by atoms with van der Waals surface area (Å²) in [5, 5.41) is 14.1. The summed E-state index contributed by atoms with van der Waals surface area (Å²) in [7, 11) is 1.43. The van der Waals surface area contributed by atoms with Crippen molar-refractivity contribution in [3.8, 4) is 5.75 Å². The Morgan fingerprint density at radius 3 is 2.78 bits per heavy atom. The molecule has 1 amide bonds. The lowest BCUT2D eigenvalue weighted by molar-refractivity contribution is -0.137. The van der Waals surface area contributed by atoms with Crippen molar-refractivity contribution in [2.45, 2.75) is 12.3 Å². The molecule has 0 saturated heterocycles. The smallest absolute Gasteiger partial charge is 0.416 e. The van der Waals surface area contributed by atoms with Crippen LogP contribution in [0.1, 0.15) is 26.9 Å². The summed E-state index contributed by atoms with van der Waals surface area (Å²) in [4.78, 5) is 12.3. The second-order valence-corrected chi connectivity index (χ2v) is 5.58. The van der Waals surface area contributed by atoms with Gasteiger partial charge < -0.3 is 15.2 Å². The highest BCUT2D eigenvalue weighted by Crippen LogP contribution is 2.30. The standard InChI is InChI=1S/C15H14F3NO3S/c1-22-12-5-6-23-13(12)14(21)19-8-11(20)9-3-2-4-10(7-9)15(16,17)18/h2-7,11,20H,8H2,1H3,(H,19,21). The summed E-state index contributed by atoms with van der Waals surface area (Å²) in [6, 6.07) is 6.00. The molecule has 0 radical (unpaired) electrons. The van der Waals surface area contributed by atoms with Crippen LogP contribution in [0, 0.1) is 0 Å². The lowest BCUT2D eigenvalue weighted by Gasteiger charge is -2.14. The van der Waals surface area contributed by atoms with Crippen LogP contribution in [0.4, 0.5) is 13.2 Å². The predicted octanol–water partition coefficient (Wildman–Crippen LogP) is 3.24. The van der Waals surface area contributed by atoms with Gasteiger partial charge in [0.15, 0.2) is 0 Å². The maximum atomic E-state index is 12.7. The van der Waals surface area contributed by atoms with Crippen molar-refractivity contribution in [1.29, 1.82) is 0 Å². The number of amides is 1. The molecule has 2 rings (SSSR count). The van der Waals surface area contributed by atoms with Crippen LogP contribution >= 0.6 is 11.3 Å². The summed E-state index contributed by atoms with van der Waals surface area (Å²) in [6.07, 6.45) is -5.73. The van der Waals surface area contributed by atoms with E-state index in [0.29, 0.717) is 10.6 Å². The fraction of sp³-hybridized carbons (Fsp3) is 0.267.